The van der Waals surface area contributed by atoms with Crippen LogP contribution in [0.15, 0.2) is 18.3 Å². The number of likely N-dealkylation sites (tertiary alicyclic amines) is 1. The van der Waals surface area contributed by atoms with Gasteiger partial charge in [-0.15, -0.1) is 0 Å². The molecule has 3 heteroatoms. The third-order valence-electron chi connectivity index (χ3n) is 4.26. The minimum Gasteiger partial charge on any atom is -0.312 e. The molecule has 1 fully saturated rings. The Balaban J connectivity index is 1.79. The first-order chi connectivity index (χ1) is 10.1. The Kier molecular flexibility index (Phi) is 6.65. The molecule has 1 saturated heterocycles. The van der Waals surface area contributed by atoms with Gasteiger partial charge < -0.3 is 5.32 Å². The molecule has 2 heterocycles. The maximum atomic E-state index is 4.64. The zero-order valence-corrected chi connectivity index (χ0v) is 13.9. The van der Waals surface area contributed by atoms with Crippen molar-refractivity contribution in [2.24, 2.45) is 11.8 Å². The standard InChI is InChI=1S/C18H31N3/c1-15(2)11-19-12-17-6-7-18(20-13-17)14-21-9-4-5-16(3)8-10-21/h6-7,13,15-16,19H,4-5,8-12,14H2,1-3H3. The number of rotatable bonds is 6. The van der Waals surface area contributed by atoms with Crippen molar-refractivity contribution in [1.29, 1.82) is 0 Å². The van der Waals surface area contributed by atoms with E-state index in [-0.39, 0.29) is 0 Å². The molecule has 0 bridgehead atoms. The molecule has 0 aromatic carbocycles. The first-order valence-corrected chi connectivity index (χ1v) is 8.50. The van der Waals surface area contributed by atoms with Crippen LogP contribution in [0.3, 0.4) is 0 Å². The van der Waals surface area contributed by atoms with Gasteiger partial charge in [-0.25, -0.2) is 0 Å². The summed E-state index contributed by atoms with van der Waals surface area (Å²) in [6.45, 7) is 12.3. The lowest BCUT2D eigenvalue weighted by Crippen LogP contribution is -2.24. The first-order valence-electron chi connectivity index (χ1n) is 8.50. The molecule has 0 amide bonds. The largest absolute Gasteiger partial charge is 0.312 e. The van der Waals surface area contributed by atoms with Crippen LogP contribution in [0.2, 0.25) is 0 Å². The van der Waals surface area contributed by atoms with Gasteiger partial charge in [-0.2, -0.15) is 0 Å². The van der Waals surface area contributed by atoms with Crippen LogP contribution in [0.1, 0.15) is 51.3 Å². The van der Waals surface area contributed by atoms with Crippen LogP contribution in [0.5, 0.6) is 0 Å². The summed E-state index contributed by atoms with van der Waals surface area (Å²) in [6, 6.07) is 4.41. The molecule has 118 valence electrons. The van der Waals surface area contributed by atoms with Gasteiger partial charge in [0.2, 0.25) is 0 Å². The van der Waals surface area contributed by atoms with Gasteiger partial charge in [0.15, 0.2) is 0 Å². The van der Waals surface area contributed by atoms with Crippen molar-refractivity contribution in [3.8, 4) is 0 Å². The monoisotopic (exact) mass is 289 g/mol. The van der Waals surface area contributed by atoms with E-state index < -0.39 is 0 Å². The average molecular weight is 289 g/mol. The number of hydrogen-bond donors (Lipinski definition) is 1. The maximum Gasteiger partial charge on any atom is 0.0544 e. The molecule has 1 aliphatic heterocycles. The van der Waals surface area contributed by atoms with Crippen LogP contribution in [0.4, 0.5) is 0 Å². The van der Waals surface area contributed by atoms with E-state index in [2.05, 4.69) is 48.1 Å². The molecule has 1 unspecified atom stereocenters. The zero-order chi connectivity index (χ0) is 15.1. The van der Waals surface area contributed by atoms with Gasteiger partial charge in [0.25, 0.3) is 0 Å². The van der Waals surface area contributed by atoms with Crippen molar-refractivity contribution >= 4 is 0 Å². The predicted octanol–water partition coefficient (Wildman–Crippen LogP) is 3.45. The quantitative estimate of drug-likeness (QED) is 0.869. The van der Waals surface area contributed by atoms with Crippen LogP contribution >= 0.6 is 0 Å². The summed E-state index contributed by atoms with van der Waals surface area (Å²) in [7, 11) is 0. The SMILES string of the molecule is CC(C)CNCc1ccc(CN2CCCC(C)CC2)nc1. The molecule has 1 aromatic heterocycles. The van der Waals surface area contributed by atoms with Crippen molar-refractivity contribution < 1.29 is 0 Å². The number of hydrogen-bond acceptors (Lipinski definition) is 3. The summed E-state index contributed by atoms with van der Waals surface area (Å²) in [5.41, 5.74) is 2.49. The third-order valence-corrected chi connectivity index (χ3v) is 4.26. The molecule has 0 saturated carbocycles. The van der Waals surface area contributed by atoms with Crippen LogP contribution < -0.4 is 5.32 Å². The average Bonchev–Trinajstić information content (AvgIpc) is 2.65. The number of pyridine rings is 1. The normalized spacial score (nSPS) is 20.7. The first kappa shape index (κ1) is 16.4. The fraction of sp³-hybridized carbons (Fsp3) is 0.722. The highest BCUT2D eigenvalue weighted by molar-refractivity contribution is 5.14. The lowest BCUT2D eigenvalue weighted by molar-refractivity contribution is 0.270. The summed E-state index contributed by atoms with van der Waals surface area (Å²) in [6.07, 6.45) is 6.07. The van der Waals surface area contributed by atoms with Gasteiger partial charge in [-0.05, 0) is 62.4 Å². The molecule has 1 N–H and O–H groups in total. The van der Waals surface area contributed by atoms with Gasteiger partial charge in [-0.3, -0.25) is 9.88 Å². The predicted molar refractivity (Wildman–Crippen MR) is 89.1 cm³/mol. The molecular weight excluding hydrogens is 258 g/mol. The second-order valence-corrected chi connectivity index (χ2v) is 6.99. The Labute approximate surface area is 130 Å². The van der Waals surface area contributed by atoms with Gasteiger partial charge in [-0.1, -0.05) is 26.8 Å². The van der Waals surface area contributed by atoms with Crippen molar-refractivity contribution in [3.05, 3.63) is 29.6 Å². The Morgan fingerprint density at radius 2 is 2.14 bits per heavy atom. The van der Waals surface area contributed by atoms with E-state index in [9.17, 15) is 0 Å². The second-order valence-electron chi connectivity index (χ2n) is 6.99. The van der Waals surface area contributed by atoms with E-state index in [1.54, 1.807) is 0 Å². The molecule has 0 spiro atoms. The van der Waals surface area contributed by atoms with E-state index in [0.717, 1.165) is 25.6 Å². The van der Waals surface area contributed by atoms with Crippen molar-refractivity contribution in [3.63, 3.8) is 0 Å². The minimum atomic E-state index is 0.697. The molecule has 1 atom stereocenters. The lowest BCUT2D eigenvalue weighted by Gasteiger charge is -2.19. The molecule has 0 aliphatic carbocycles. The van der Waals surface area contributed by atoms with Gasteiger partial charge in [0.05, 0.1) is 5.69 Å². The summed E-state index contributed by atoms with van der Waals surface area (Å²) >= 11 is 0. The van der Waals surface area contributed by atoms with Crippen LogP contribution in [0, 0.1) is 11.8 Å². The molecular formula is C18H31N3. The van der Waals surface area contributed by atoms with E-state index in [0.29, 0.717) is 5.92 Å². The summed E-state index contributed by atoms with van der Waals surface area (Å²) < 4.78 is 0. The number of nitrogens with one attached hydrogen (secondary N) is 1. The van der Waals surface area contributed by atoms with Crippen molar-refractivity contribution in [2.75, 3.05) is 19.6 Å². The smallest absolute Gasteiger partial charge is 0.0544 e. The van der Waals surface area contributed by atoms with Crippen molar-refractivity contribution in [1.82, 2.24) is 15.2 Å². The van der Waals surface area contributed by atoms with Gasteiger partial charge in [0.1, 0.15) is 0 Å². The summed E-state index contributed by atoms with van der Waals surface area (Å²) in [4.78, 5) is 7.20. The number of nitrogens with zero attached hydrogens (tertiary/aromatic N) is 2. The Morgan fingerprint density at radius 3 is 2.86 bits per heavy atom. The lowest BCUT2D eigenvalue weighted by atomic mass is 10.0. The molecule has 0 radical (unpaired) electrons. The topological polar surface area (TPSA) is 28.2 Å². The Hall–Kier alpha value is -0.930. The third kappa shape index (κ3) is 6.15. The summed E-state index contributed by atoms with van der Waals surface area (Å²) in [5.74, 6) is 1.58. The van der Waals surface area contributed by atoms with E-state index in [4.69, 9.17) is 0 Å². The Morgan fingerprint density at radius 1 is 1.29 bits per heavy atom. The molecule has 21 heavy (non-hydrogen) atoms. The van der Waals surface area contributed by atoms with Crippen LogP contribution in [0.25, 0.3) is 0 Å². The maximum absolute atomic E-state index is 4.64. The number of aromatic nitrogens is 1. The van der Waals surface area contributed by atoms with Gasteiger partial charge >= 0.3 is 0 Å². The van der Waals surface area contributed by atoms with Crippen LogP contribution in [-0.2, 0) is 13.1 Å². The fourth-order valence-electron chi connectivity index (χ4n) is 2.87. The summed E-state index contributed by atoms with van der Waals surface area (Å²) in [5, 5.41) is 3.46. The van der Waals surface area contributed by atoms with Crippen molar-refractivity contribution in [2.45, 2.75) is 53.1 Å². The molecule has 1 aromatic rings. The van der Waals surface area contributed by atoms with E-state index in [1.165, 1.54) is 43.6 Å². The molecule has 1 aliphatic rings. The second kappa shape index (κ2) is 8.50. The fourth-order valence-corrected chi connectivity index (χ4v) is 2.87. The highest BCUT2D eigenvalue weighted by atomic mass is 15.1. The van der Waals surface area contributed by atoms with Crippen LogP contribution in [-0.4, -0.2) is 29.5 Å². The highest BCUT2D eigenvalue weighted by Gasteiger charge is 2.14. The molecule has 2 rings (SSSR count). The highest BCUT2D eigenvalue weighted by Crippen LogP contribution is 2.17. The Bertz CT molecular complexity index is 399. The van der Waals surface area contributed by atoms with Gasteiger partial charge in [0, 0.05) is 19.3 Å². The molecule has 3 nitrogen and oxygen atoms in total. The van der Waals surface area contributed by atoms with E-state index >= 15 is 0 Å². The zero-order valence-electron chi connectivity index (χ0n) is 13.9. The van der Waals surface area contributed by atoms with E-state index in [1.807, 2.05) is 6.20 Å². The minimum absolute atomic E-state index is 0.697.